The van der Waals surface area contributed by atoms with Crippen LogP contribution in [0, 0.1) is 5.92 Å². The van der Waals surface area contributed by atoms with Gasteiger partial charge in [-0.1, -0.05) is 20.3 Å². The summed E-state index contributed by atoms with van der Waals surface area (Å²) >= 11 is 0. The van der Waals surface area contributed by atoms with E-state index < -0.39 is 23.7 Å². The van der Waals surface area contributed by atoms with Crippen LogP contribution in [-0.4, -0.2) is 28.8 Å². The average Bonchev–Trinajstić information content (AvgIpc) is 2.13. The van der Waals surface area contributed by atoms with Crippen LogP contribution in [0.1, 0.15) is 47.5 Å². The van der Waals surface area contributed by atoms with Gasteiger partial charge in [-0.2, -0.15) is 0 Å². The largest absolute Gasteiger partial charge is 0.480 e. The molecule has 17 heavy (non-hydrogen) atoms. The Balaban J connectivity index is 4.35. The number of carbonyl (C=O) groups excluding carboxylic acids is 1. The van der Waals surface area contributed by atoms with E-state index in [1.54, 1.807) is 20.8 Å². The van der Waals surface area contributed by atoms with Gasteiger partial charge in [-0.15, -0.1) is 0 Å². The highest BCUT2D eigenvalue weighted by molar-refractivity contribution is 5.79. The standard InChI is InChI=1S/C12H23NO4/c1-6-8(2)7-9(10(14)15)13-11(16)17-12(3,4)5/h8-9H,6-7H2,1-5H3,(H,13,16)(H,14,15)/t8-,9-/m0/s1. The third kappa shape index (κ3) is 7.60. The van der Waals surface area contributed by atoms with Crippen molar-refractivity contribution < 1.29 is 19.4 Å². The molecule has 0 spiro atoms. The van der Waals surface area contributed by atoms with E-state index in [1.165, 1.54) is 0 Å². The molecule has 0 saturated heterocycles. The first kappa shape index (κ1) is 15.7. The number of hydrogen-bond donors (Lipinski definition) is 2. The highest BCUT2D eigenvalue weighted by Gasteiger charge is 2.24. The molecule has 100 valence electrons. The van der Waals surface area contributed by atoms with Crippen LogP contribution in [0.3, 0.4) is 0 Å². The molecule has 0 fully saturated rings. The summed E-state index contributed by atoms with van der Waals surface area (Å²) in [6.07, 6.45) is 0.596. The molecule has 0 aliphatic rings. The molecule has 5 heteroatoms. The van der Waals surface area contributed by atoms with Gasteiger partial charge in [0.05, 0.1) is 0 Å². The lowest BCUT2D eigenvalue weighted by Crippen LogP contribution is -2.44. The van der Waals surface area contributed by atoms with Crippen molar-refractivity contribution in [3.63, 3.8) is 0 Å². The van der Waals surface area contributed by atoms with E-state index in [-0.39, 0.29) is 5.92 Å². The molecule has 5 nitrogen and oxygen atoms in total. The molecule has 0 aromatic rings. The third-order valence-electron chi connectivity index (χ3n) is 2.32. The maximum atomic E-state index is 11.4. The summed E-state index contributed by atoms with van der Waals surface area (Å²) in [5.41, 5.74) is -0.622. The quantitative estimate of drug-likeness (QED) is 0.779. The maximum absolute atomic E-state index is 11.4. The minimum atomic E-state index is -1.03. The maximum Gasteiger partial charge on any atom is 0.408 e. The SMILES string of the molecule is CC[C@H](C)C[C@H](NC(=O)OC(C)(C)C)C(=O)O. The molecule has 0 aromatic carbocycles. The summed E-state index contributed by atoms with van der Waals surface area (Å²) in [5.74, 6) is -0.790. The van der Waals surface area contributed by atoms with Crippen LogP contribution in [0.15, 0.2) is 0 Å². The van der Waals surface area contributed by atoms with Crippen molar-refractivity contribution in [3.8, 4) is 0 Å². The number of hydrogen-bond acceptors (Lipinski definition) is 3. The van der Waals surface area contributed by atoms with Gasteiger partial charge in [-0.25, -0.2) is 9.59 Å². The Bertz CT molecular complexity index is 270. The van der Waals surface area contributed by atoms with Crippen molar-refractivity contribution in [3.05, 3.63) is 0 Å². The van der Waals surface area contributed by atoms with Crippen LogP contribution in [0.25, 0.3) is 0 Å². The molecule has 0 aromatic heterocycles. The van der Waals surface area contributed by atoms with Crippen LogP contribution in [0.2, 0.25) is 0 Å². The lowest BCUT2D eigenvalue weighted by atomic mass is 9.99. The Morgan fingerprint density at radius 3 is 2.24 bits per heavy atom. The molecule has 0 saturated carbocycles. The van der Waals surface area contributed by atoms with Gasteiger partial charge in [-0.3, -0.25) is 0 Å². The summed E-state index contributed by atoms with van der Waals surface area (Å²) in [6.45, 7) is 9.13. The molecule has 0 rings (SSSR count). The number of carbonyl (C=O) groups is 2. The van der Waals surface area contributed by atoms with Gasteiger partial charge in [-0.05, 0) is 33.1 Å². The lowest BCUT2D eigenvalue weighted by Gasteiger charge is -2.23. The van der Waals surface area contributed by atoms with Crippen molar-refractivity contribution >= 4 is 12.1 Å². The predicted octanol–water partition coefficient (Wildman–Crippen LogP) is 2.40. The van der Waals surface area contributed by atoms with Crippen molar-refractivity contribution in [1.29, 1.82) is 0 Å². The highest BCUT2D eigenvalue weighted by atomic mass is 16.6. The molecule has 0 unspecified atom stereocenters. The number of rotatable bonds is 5. The Labute approximate surface area is 103 Å². The van der Waals surface area contributed by atoms with Gasteiger partial charge in [0.2, 0.25) is 0 Å². The number of ether oxygens (including phenoxy) is 1. The first-order chi connectivity index (χ1) is 7.65. The first-order valence-electron chi connectivity index (χ1n) is 5.88. The van der Waals surface area contributed by atoms with Crippen LogP contribution in [0.5, 0.6) is 0 Å². The second kappa shape index (κ2) is 6.47. The van der Waals surface area contributed by atoms with E-state index in [4.69, 9.17) is 9.84 Å². The van der Waals surface area contributed by atoms with E-state index in [2.05, 4.69) is 5.32 Å². The zero-order valence-corrected chi connectivity index (χ0v) is 11.2. The monoisotopic (exact) mass is 245 g/mol. The topological polar surface area (TPSA) is 75.6 Å². The smallest absolute Gasteiger partial charge is 0.408 e. The lowest BCUT2D eigenvalue weighted by molar-refractivity contribution is -0.140. The fourth-order valence-corrected chi connectivity index (χ4v) is 1.24. The van der Waals surface area contributed by atoms with Gasteiger partial charge < -0.3 is 15.2 Å². The second-order valence-corrected chi connectivity index (χ2v) is 5.29. The fourth-order valence-electron chi connectivity index (χ4n) is 1.24. The van der Waals surface area contributed by atoms with E-state index in [0.29, 0.717) is 6.42 Å². The Hall–Kier alpha value is -1.26. The highest BCUT2D eigenvalue weighted by Crippen LogP contribution is 2.12. The summed E-state index contributed by atoms with van der Waals surface area (Å²) in [7, 11) is 0. The average molecular weight is 245 g/mol. The van der Waals surface area contributed by atoms with Crippen molar-refractivity contribution in [2.45, 2.75) is 59.1 Å². The predicted molar refractivity (Wildman–Crippen MR) is 64.9 cm³/mol. The summed E-state index contributed by atoms with van der Waals surface area (Å²) in [5, 5.41) is 11.4. The van der Waals surface area contributed by atoms with Gasteiger partial charge in [0.1, 0.15) is 11.6 Å². The number of alkyl carbamates (subject to hydrolysis) is 1. The van der Waals surface area contributed by atoms with Crippen molar-refractivity contribution in [1.82, 2.24) is 5.32 Å². The number of amides is 1. The molecular formula is C12H23NO4. The van der Waals surface area contributed by atoms with Crippen molar-refractivity contribution in [2.24, 2.45) is 5.92 Å². The Morgan fingerprint density at radius 1 is 1.35 bits per heavy atom. The van der Waals surface area contributed by atoms with Gasteiger partial charge in [0, 0.05) is 0 Å². The molecule has 2 atom stereocenters. The van der Waals surface area contributed by atoms with E-state index in [0.717, 1.165) is 6.42 Å². The molecule has 0 aliphatic heterocycles. The molecule has 2 N–H and O–H groups in total. The summed E-state index contributed by atoms with van der Waals surface area (Å²) in [6, 6.07) is -0.889. The number of aliphatic carboxylic acids is 1. The minimum absolute atomic E-state index is 0.242. The first-order valence-corrected chi connectivity index (χ1v) is 5.88. The molecule has 0 bridgehead atoms. The number of nitrogens with one attached hydrogen (secondary N) is 1. The minimum Gasteiger partial charge on any atom is -0.480 e. The molecule has 0 heterocycles. The Morgan fingerprint density at radius 2 is 1.88 bits per heavy atom. The summed E-state index contributed by atoms with van der Waals surface area (Å²) < 4.78 is 5.02. The van der Waals surface area contributed by atoms with E-state index in [9.17, 15) is 9.59 Å². The molecule has 1 amide bonds. The normalized spacial score (nSPS) is 14.9. The summed E-state index contributed by atoms with van der Waals surface area (Å²) in [4.78, 5) is 22.4. The van der Waals surface area contributed by atoms with Crippen molar-refractivity contribution in [2.75, 3.05) is 0 Å². The van der Waals surface area contributed by atoms with Crippen LogP contribution < -0.4 is 5.32 Å². The fraction of sp³-hybridized carbons (Fsp3) is 0.833. The zero-order valence-electron chi connectivity index (χ0n) is 11.2. The molecule has 0 radical (unpaired) electrons. The third-order valence-corrected chi connectivity index (χ3v) is 2.32. The van der Waals surface area contributed by atoms with E-state index in [1.807, 2.05) is 13.8 Å². The molecule has 0 aliphatic carbocycles. The van der Waals surface area contributed by atoms with Gasteiger partial charge >= 0.3 is 12.1 Å². The molecular weight excluding hydrogens is 222 g/mol. The van der Waals surface area contributed by atoms with E-state index >= 15 is 0 Å². The second-order valence-electron chi connectivity index (χ2n) is 5.29. The number of carboxylic acid groups (broad SMARTS) is 1. The van der Waals surface area contributed by atoms with Gasteiger partial charge in [0.15, 0.2) is 0 Å². The number of carboxylic acids is 1. The van der Waals surface area contributed by atoms with Gasteiger partial charge in [0.25, 0.3) is 0 Å². The van der Waals surface area contributed by atoms with Crippen LogP contribution in [0.4, 0.5) is 4.79 Å². The Kier molecular flexibility index (Phi) is 5.99. The van der Waals surface area contributed by atoms with Crippen LogP contribution in [-0.2, 0) is 9.53 Å². The zero-order chi connectivity index (χ0) is 13.6. The van der Waals surface area contributed by atoms with Crippen LogP contribution >= 0.6 is 0 Å².